The molecule has 1 aromatic heterocycles. The maximum absolute atomic E-state index is 12.6. The lowest BCUT2D eigenvalue weighted by Gasteiger charge is -2.39. The van der Waals surface area contributed by atoms with Gasteiger partial charge in [-0.3, -0.25) is 9.59 Å². The van der Waals surface area contributed by atoms with E-state index in [0.717, 1.165) is 13.0 Å². The average molecular weight is 490 g/mol. The molecule has 0 bridgehead atoms. The highest BCUT2D eigenvalue weighted by atomic mass is 16.7. The number of aliphatic hydroxyl groups excluding tert-OH is 3. The zero-order valence-corrected chi connectivity index (χ0v) is 18.2. The summed E-state index contributed by atoms with van der Waals surface area (Å²) in [5, 5.41) is 60.5. The van der Waals surface area contributed by atoms with Gasteiger partial charge in [0.05, 0.1) is 5.39 Å². The molecule has 4 rings (SSSR count). The number of carbonyl (C=O) groups is 1. The molecule has 0 radical (unpaired) electrons. The summed E-state index contributed by atoms with van der Waals surface area (Å²) in [5.41, 5.74) is -0.564. The largest absolute Gasteiger partial charge is 0.504 e. The Morgan fingerprint density at radius 1 is 0.971 bits per heavy atom. The highest BCUT2D eigenvalue weighted by Gasteiger charge is 2.45. The Hall–Kier alpha value is -3.84. The first-order valence-corrected chi connectivity index (χ1v) is 10.4. The van der Waals surface area contributed by atoms with Crippen LogP contribution < -0.4 is 10.2 Å². The molecule has 5 atom stereocenters. The fraction of sp³-hybridized carbons (Fsp3) is 0.304. The average Bonchev–Trinajstić information content (AvgIpc) is 2.82. The first kappa shape index (κ1) is 24.3. The number of esters is 1. The summed E-state index contributed by atoms with van der Waals surface area (Å²) >= 11 is 0. The molecule has 1 fully saturated rings. The Balaban J connectivity index is 1.67. The summed E-state index contributed by atoms with van der Waals surface area (Å²) in [6, 6.07) is 7.40. The molecule has 35 heavy (non-hydrogen) atoms. The van der Waals surface area contributed by atoms with Gasteiger partial charge >= 0.3 is 5.97 Å². The maximum Gasteiger partial charge on any atom is 0.302 e. The molecule has 0 saturated carbocycles. The third-order valence-corrected chi connectivity index (χ3v) is 5.46. The van der Waals surface area contributed by atoms with Crippen LogP contribution in [0.4, 0.5) is 0 Å². The highest BCUT2D eigenvalue weighted by Crippen LogP contribution is 2.38. The molecule has 0 aliphatic carbocycles. The van der Waals surface area contributed by atoms with Gasteiger partial charge in [0, 0.05) is 18.6 Å². The van der Waals surface area contributed by atoms with Crippen LogP contribution in [0.5, 0.6) is 23.0 Å². The van der Waals surface area contributed by atoms with Crippen LogP contribution in [0.25, 0.3) is 22.3 Å². The molecule has 3 aromatic rings. The quantitative estimate of drug-likeness (QED) is 0.212. The van der Waals surface area contributed by atoms with Gasteiger partial charge < -0.3 is 49.3 Å². The number of hydrogen-bond donors (Lipinski definition) is 6. The van der Waals surface area contributed by atoms with Crippen molar-refractivity contribution in [1.29, 1.82) is 0 Å². The number of phenols is 3. The van der Waals surface area contributed by atoms with Gasteiger partial charge in [0.15, 0.2) is 28.3 Å². The van der Waals surface area contributed by atoms with Crippen LogP contribution in [0.1, 0.15) is 6.92 Å². The van der Waals surface area contributed by atoms with Crippen molar-refractivity contribution >= 4 is 16.9 Å². The number of ether oxygens (including phenoxy) is 3. The standard InChI is InChI=1S/C23H22O12/c1-9(24)32-8-17-18(28)20(30)21(31)23(35-17)34-15-5-3-11-13(26)7-16(33-22(11)19(15)29)10-2-4-12(25)14(27)6-10/h2-7,17-18,20-21,23,25,27-31H,8H2,1H3/t17-,18-,20+,21-,23-/m1/s1. The lowest BCUT2D eigenvalue weighted by Crippen LogP contribution is -2.60. The molecule has 0 spiro atoms. The fourth-order valence-electron chi connectivity index (χ4n) is 3.58. The van der Waals surface area contributed by atoms with Crippen molar-refractivity contribution in [2.75, 3.05) is 6.61 Å². The van der Waals surface area contributed by atoms with Crippen LogP contribution in [0.2, 0.25) is 0 Å². The van der Waals surface area contributed by atoms with E-state index in [4.69, 9.17) is 18.6 Å². The number of phenolic OH excluding ortho intramolecular Hbond substituents is 3. The Bertz CT molecular complexity index is 1320. The van der Waals surface area contributed by atoms with E-state index in [1.807, 2.05) is 0 Å². The van der Waals surface area contributed by atoms with Gasteiger partial charge in [0.25, 0.3) is 0 Å². The molecular formula is C23H22O12. The topological polar surface area (TPSA) is 196 Å². The minimum absolute atomic E-state index is 0.00472. The van der Waals surface area contributed by atoms with Gasteiger partial charge in [-0.05, 0) is 30.3 Å². The molecule has 1 aliphatic heterocycles. The van der Waals surface area contributed by atoms with Gasteiger partial charge in [-0.25, -0.2) is 0 Å². The van der Waals surface area contributed by atoms with Gasteiger partial charge in [-0.15, -0.1) is 0 Å². The maximum atomic E-state index is 12.6. The van der Waals surface area contributed by atoms with Gasteiger partial charge in [0.1, 0.15) is 36.8 Å². The number of aliphatic hydroxyl groups is 3. The van der Waals surface area contributed by atoms with Gasteiger partial charge in [-0.1, -0.05) is 0 Å². The number of rotatable bonds is 5. The molecule has 186 valence electrons. The summed E-state index contributed by atoms with van der Waals surface area (Å²) in [6.45, 7) is 0.713. The summed E-state index contributed by atoms with van der Waals surface area (Å²) < 4.78 is 21.4. The smallest absolute Gasteiger partial charge is 0.302 e. The Kier molecular flexibility index (Phi) is 6.54. The fourth-order valence-corrected chi connectivity index (χ4v) is 3.58. The van der Waals surface area contributed by atoms with Crippen LogP contribution in [-0.4, -0.2) is 73.9 Å². The van der Waals surface area contributed by atoms with Crippen LogP contribution in [0, 0.1) is 0 Å². The van der Waals surface area contributed by atoms with E-state index in [0.29, 0.717) is 0 Å². The number of fused-ring (bicyclic) bond motifs is 1. The third-order valence-electron chi connectivity index (χ3n) is 5.46. The molecule has 12 nitrogen and oxygen atoms in total. The Morgan fingerprint density at radius 2 is 1.71 bits per heavy atom. The minimum atomic E-state index is -1.74. The summed E-state index contributed by atoms with van der Waals surface area (Å²) in [6.07, 6.45) is -7.88. The zero-order valence-electron chi connectivity index (χ0n) is 18.2. The summed E-state index contributed by atoms with van der Waals surface area (Å²) in [5.74, 6) is -2.42. The minimum Gasteiger partial charge on any atom is -0.504 e. The van der Waals surface area contributed by atoms with E-state index in [1.165, 1.54) is 30.3 Å². The molecule has 12 heteroatoms. The number of benzene rings is 2. The van der Waals surface area contributed by atoms with E-state index in [2.05, 4.69) is 0 Å². The highest BCUT2D eigenvalue weighted by molar-refractivity contribution is 5.86. The van der Waals surface area contributed by atoms with Crippen molar-refractivity contribution in [2.24, 2.45) is 0 Å². The summed E-state index contributed by atoms with van der Waals surface area (Å²) in [7, 11) is 0. The van der Waals surface area contributed by atoms with E-state index >= 15 is 0 Å². The van der Waals surface area contributed by atoms with E-state index in [-0.39, 0.29) is 33.8 Å². The lowest BCUT2D eigenvalue weighted by atomic mass is 9.99. The third kappa shape index (κ3) is 4.72. The van der Waals surface area contributed by atoms with E-state index < -0.39 is 60.2 Å². The number of hydrogen-bond acceptors (Lipinski definition) is 12. The van der Waals surface area contributed by atoms with Crippen molar-refractivity contribution in [2.45, 2.75) is 37.6 Å². The second-order valence-corrected chi connectivity index (χ2v) is 7.90. The lowest BCUT2D eigenvalue weighted by molar-refractivity contribution is -0.278. The van der Waals surface area contributed by atoms with Crippen molar-refractivity contribution in [3.8, 4) is 34.3 Å². The van der Waals surface area contributed by atoms with Crippen LogP contribution in [0.15, 0.2) is 45.6 Å². The second-order valence-electron chi connectivity index (χ2n) is 7.90. The SMILES string of the molecule is CC(=O)OC[C@H]1O[C@@H](Oc2ccc3c(=O)cc(-c4ccc(O)c(O)c4)oc3c2O)[C@H](O)[C@@H](O)[C@@H]1O. The van der Waals surface area contributed by atoms with Crippen molar-refractivity contribution in [1.82, 2.24) is 0 Å². The first-order chi connectivity index (χ1) is 16.6. The Morgan fingerprint density at radius 3 is 2.40 bits per heavy atom. The molecule has 1 saturated heterocycles. The van der Waals surface area contributed by atoms with Crippen molar-refractivity contribution in [3.63, 3.8) is 0 Å². The first-order valence-electron chi connectivity index (χ1n) is 10.4. The molecule has 0 unspecified atom stereocenters. The molecular weight excluding hydrogens is 468 g/mol. The van der Waals surface area contributed by atoms with Crippen LogP contribution in [0.3, 0.4) is 0 Å². The van der Waals surface area contributed by atoms with E-state index in [1.54, 1.807) is 0 Å². The van der Waals surface area contributed by atoms with E-state index in [9.17, 15) is 40.2 Å². The van der Waals surface area contributed by atoms with Crippen molar-refractivity contribution < 1.29 is 54.1 Å². The number of aromatic hydroxyl groups is 3. The van der Waals surface area contributed by atoms with Gasteiger partial charge in [-0.2, -0.15) is 0 Å². The zero-order chi connectivity index (χ0) is 25.4. The van der Waals surface area contributed by atoms with Gasteiger partial charge in [0.2, 0.25) is 12.0 Å². The van der Waals surface area contributed by atoms with Crippen molar-refractivity contribution in [3.05, 3.63) is 46.6 Å². The molecule has 2 heterocycles. The molecule has 0 amide bonds. The van der Waals surface area contributed by atoms with Crippen LogP contribution >= 0.6 is 0 Å². The normalized spacial score (nSPS) is 24.3. The molecule has 2 aromatic carbocycles. The number of carbonyl (C=O) groups excluding carboxylic acids is 1. The monoisotopic (exact) mass is 490 g/mol. The predicted octanol–water partition coefficient (Wildman–Crippen LogP) is 0.326. The molecule has 6 N–H and O–H groups in total. The predicted molar refractivity (Wildman–Crippen MR) is 117 cm³/mol. The second kappa shape index (κ2) is 9.43. The Labute approximate surface area is 196 Å². The molecule has 1 aliphatic rings. The van der Waals surface area contributed by atoms with Crippen LogP contribution in [-0.2, 0) is 14.3 Å². The summed E-state index contributed by atoms with van der Waals surface area (Å²) in [4.78, 5) is 23.7.